The number of morpholine rings is 1. The summed E-state index contributed by atoms with van der Waals surface area (Å²) in [6.45, 7) is 3.69. The molecular weight excluding hydrogens is 276 g/mol. The number of benzene rings is 1. The molecule has 0 unspecified atom stereocenters. The molecule has 2 heterocycles. The topological polar surface area (TPSA) is 94.5 Å². The van der Waals surface area contributed by atoms with Crippen LogP contribution in [-0.2, 0) is 11.3 Å². The van der Waals surface area contributed by atoms with Gasteiger partial charge in [-0.1, -0.05) is 0 Å². The van der Waals surface area contributed by atoms with Crippen molar-refractivity contribution in [2.45, 2.75) is 6.54 Å². The van der Waals surface area contributed by atoms with Gasteiger partial charge in [0, 0.05) is 30.8 Å². The zero-order chi connectivity index (χ0) is 14.7. The number of rotatable bonds is 4. The van der Waals surface area contributed by atoms with Crippen LogP contribution in [0.5, 0.6) is 0 Å². The molecule has 1 aromatic heterocycles. The highest BCUT2D eigenvalue weighted by Gasteiger charge is 2.16. The van der Waals surface area contributed by atoms with Gasteiger partial charge in [0.1, 0.15) is 0 Å². The van der Waals surface area contributed by atoms with E-state index in [4.69, 9.17) is 9.15 Å². The fraction of sp³-hybridized carbons (Fsp3) is 0.385. The quantitative estimate of drug-likeness (QED) is 0.621. The number of ether oxygens (including phenoxy) is 1. The number of non-ortho nitro benzene ring substituents is 1. The van der Waals surface area contributed by atoms with Gasteiger partial charge in [-0.3, -0.25) is 15.0 Å². The second-order valence-corrected chi connectivity index (χ2v) is 4.69. The minimum absolute atomic E-state index is 0.0341. The lowest BCUT2D eigenvalue weighted by Gasteiger charge is -2.24. The van der Waals surface area contributed by atoms with E-state index in [0.717, 1.165) is 13.1 Å². The molecule has 0 aliphatic carbocycles. The predicted octanol–water partition coefficient (Wildman–Crippen LogP) is 1.48. The van der Waals surface area contributed by atoms with Gasteiger partial charge in [-0.25, -0.2) is 0 Å². The first-order valence-corrected chi connectivity index (χ1v) is 6.60. The number of hydrogen-bond donors (Lipinski definition) is 0. The monoisotopic (exact) mass is 290 g/mol. The Kier molecular flexibility index (Phi) is 3.89. The molecule has 2 aromatic rings. The van der Waals surface area contributed by atoms with Gasteiger partial charge in [-0.05, 0) is 12.1 Å². The Morgan fingerprint density at radius 2 is 1.90 bits per heavy atom. The highest BCUT2D eigenvalue weighted by Crippen LogP contribution is 2.21. The van der Waals surface area contributed by atoms with Crippen LogP contribution >= 0.6 is 0 Å². The number of nitro groups is 1. The SMILES string of the molecule is O=[N+]([O-])c1ccc(-c2nnc(CN3CCOCC3)o2)cc1. The van der Waals surface area contributed by atoms with Gasteiger partial charge in [0.25, 0.3) is 5.69 Å². The van der Waals surface area contributed by atoms with E-state index in [9.17, 15) is 10.1 Å². The van der Waals surface area contributed by atoms with Gasteiger partial charge in [-0.2, -0.15) is 0 Å². The summed E-state index contributed by atoms with van der Waals surface area (Å²) in [6.07, 6.45) is 0. The normalized spacial score (nSPS) is 16.0. The fourth-order valence-corrected chi connectivity index (χ4v) is 2.11. The van der Waals surface area contributed by atoms with Crippen molar-refractivity contribution in [3.05, 3.63) is 40.3 Å². The van der Waals surface area contributed by atoms with Crippen LogP contribution < -0.4 is 0 Å². The maximum Gasteiger partial charge on any atom is 0.269 e. The molecule has 21 heavy (non-hydrogen) atoms. The van der Waals surface area contributed by atoms with E-state index in [1.807, 2.05) is 0 Å². The lowest BCUT2D eigenvalue weighted by molar-refractivity contribution is -0.384. The molecule has 1 aliphatic heterocycles. The molecule has 1 aliphatic rings. The molecule has 110 valence electrons. The molecule has 0 spiro atoms. The molecule has 8 heteroatoms. The van der Waals surface area contributed by atoms with Crippen molar-refractivity contribution in [2.75, 3.05) is 26.3 Å². The van der Waals surface area contributed by atoms with Gasteiger partial charge in [0.05, 0.1) is 24.7 Å². The third kappa shape index (κ3) is 3.23. The van der Waals surface area contributed by atoms with Crippen molar-refractivity contribution >= 4 is 5.69 Å². The molecule has 0 amide bonds. The summed E-state index contributed by atoms with van der Waals surface area (Å²) in [5.41, 5.74) is 0.702. The Hall–Kier alpha value is -2.32. The molecule has 1 saturated heterocycles. The van der Waals surface area contributed by atoms with Crippen molar-refractivity contribution in [1.82, 2.24) is 15.1 Å². The van der Waals surface area contributed by atoms with Crippen LogP contribution in [0.3, 0.4) is 0 Å². The molecular formula is C13H14N4O4. The van der Waals surface area contributed by atoms with Crippen molar-refractivity contribution in [3.63, 3.8) is 0 Å². The van der Waals surface area contributed by atoms with Crippen molar-refractivity contribution in [2.24, 2.45) is 0 Å². The molecule has 1 aromatic carbocycles. The van der Waals surface area contributed by atoms with Crippen LogP contribution in [0.4, 0.5) is 5.69 Å². The minimum Gasteiger partial charge on any atom is -0.419 e. The van der Waals surface area contributed by atoms with Gasteiger partial charge in [0.15, 0.2) is 0 Å². The summed E-state index contributed by atoms with van der Waals surface area (Å²) >= 11 is 0. The van der Waals surface area contributed by atoms with Gasteiger partial charge < -0.3 is 9.15 Å². The maximum absolute atomic E-state index is 10.6. The first-order valence-electron chi connectivity index (χ1n) is 6.60. The third-order valence-electron chi connectivity index (χ3n) is 3.25. The van der Waals surface area contributed by atoms with Gasteiger partial charge in [0.2, 0.25) is 11.8 Å². The van der Waals surface area contributed by atoms with Crippen LogP contribution in [0.2, 0.25) is 0 Å². The van der Waals surface area contributed by atoms with E-state index in [2.05, 4.69) is 15.1 Å². The standard InChI is InChI=1S/C13H14N4O4/c18-17(19)11-3-1-10(2-4-11)13-15-14-12(21-13)9-16-5-7-20-8-6-16/h1-4H,5-9H2. The summed E-state index contributed by atoms with van der Waals surface area (Å²) in [5.74, 6) is 0.901. The number of hydrogen-bond acceptors (Lipinski definition) is 7. The average molecular weight is 290 g/mol. The zero-order valence-electron chi connectivity index (χ0n) is 11.3. The Morgan fingerprint density at radius 3 is 2.57 bits per heavy atom. The first kappa shape index (κ1) is 13.7. The van der Waals surface area contributed by atoms with E-state index < -0.39 is 4.92 Å². The van der Waals surface area contributed by atoms with Crippen molar-refractivity contribution in [1.29, 1.82) is 0 Å². The summed E-state index contributed by atoms with van der Waals surface area (Å²) in [5, 5.41) is 18.6. The highest BCUT2D eigenvalue weighted by atomic mass is 16.6. The second kappa shape index (κ2) is 5.98. The Bertz CT molecular complexity index is 619. The highest BCUT2D eigenvalue weighted by molar-refractivity contribution is 5.55. The van der Waals surface area contributed by atoms with Crippen molar-refractivity contribution in [3.8, 4) is 11.5 Å². The molecule has 0 N–H and O–H groups in total. The molecule has 0 radical (unpaired) electrons. The van der Waals surface area contributed by atoms with Crippen molar-refractivity contribution < 1.29 is 14.1 Å². The third-order valence-corrected chi connectivity index (χ3v) is 3.25. The van der Waals surface area contributed by atoms with E-state index in [1.54, 1.807) is 12.1 Å². The summed E-state index contributed by atoms with van der Waals surface area (Å²) in [7, 11) is 0. The molecule has 0 saturated carbocycles. The zero-order valence-corrected chi connectivity index (χ0v) is 11.3. The van der Waals surface area contributed by atoms with Crippen LogP contribution in [0.25, 0.3) is 11.5 Å². The molecule has 0 bridgehead atoms. The molecule has 0 atom stereocenters. The number of aromatic nitrogens is 2. The van der Waals surface area contributed by atoms with E-state index in [0.29, 0.717) is 37.1 Å². The molecule has 3 rings (SSSR count). The summed E-state index contributed by atoms with van der Waals surface area (Å²) in [4.78, 5) is 12.3. The van der Waals surface area contributed by atoms with E-state index >= 15 is 0 Å². The lowest BCUT2D eigenvalue weighted by atomic mass is 10.2. The van der Waals surface area contributed by atoms with Crippen LogP contribution in [0.1, 0.15) is 5.89 Å². The van der Waals surface area contributed by atoms with Crippen LogP contribution in [-0.4, -0.2) is 46.3 Å². The van der Waals surface area contributed by atoms with Gasteiger partial charge in [-0.15, -0.1) is 10.2 Å². The van der Waals surface area contributed by atoms with Crippen LogP contribution in [0, 0.1) is 10.1 Å². The fourth-order valence-electron chi connectivity index (χ4n) is 2.11. The largest absolute Gasteiger partial charge is 0.419 e. The Labute approximate surface area is 120 Å². The van der Waals surface area contributed by atoms with E-state index in [-0.39, 0.29) is 5.69 Å². The van der Waals surface area contributed by atoms with E-state index in [1.165, 1.54) is 12.1 Å². The molecule has 8 nitrogen and oxygen atoms in total. The Morgan fingerprint density at radius 1 is 1.19 bits per heavy atom. The smallest absolute Gasteiger partial charge is 0.269 e. The van der Waals surface area contributed by atoms with Gasteiger partial charge >= 0.3 is 0 Å². The predicted molar refractivity (Wildman–Crippen MR) is 72.5 cm³/mol. The molecule has 1 fully saturated rings. The van der Waals surface area contributed by atoms with Crippen LogP contribution in [0.15, 0.2) is 28.7 Å². The second-order valence-electron chi connectivity index (χ2n) is 4.69. The lowest BCUT2D eigenvalue weighted by Crippen LogP contribution is -2.35. The Balaban J connectivity index is 1.70. The number of nitro benzene ring substituents is 1. The minimum atomic E-state index is -0.443. The maximum atomic E-state index is 10.6. The number of nitrogens with zero attached hydrogens (tertiary/aromatic N) is 4. The summed E-state index contributed by atoms with van der Waals surface area (Å²) < 4.78 is 10.9. The summed E-state index contributed by atoms with van der Waals surface area (Å²) in [6, 6.07) is 6.04. The average Bonchev–Trinajstić information content (AvgIpc) is 2.97. The first-order chi connectivity index (χ1) is 10.2.